The summed E-state index contributed by atoms with van der Waals surface area (Å²) in [6, 6.07) is 18.6. The van der Waals surface area contributed by atoms with Crippen LogP contribution in [0.15, 0.2) is 67.0 Å². The molecule has 238 valence electrons. The zero-order valence-electron chi connectivity index (χ0n) is 25.6. The van der Waals surface area contributed by atoms with Gasteiger partial charge in [-0.3, -0.25) is 4.79 Å². The maximum Gasteiger partial charge on any atom is 0.407 e. The molecule has 0 saturated heterocycles. The Bertz CT molecular complexity index is 1570. The molecule has 0 bridgehead atoms. The number of anilines is 1. The predicted octanol–water partition coefficient (Wildman–Crippen LogP) is 2.32. The van der Waals surface area contributed by atoms with Crippen molar-refractivity contribution in [3.05, 3.63) is 83.9 Å². The third kappa shape index (κ3) is 7.39. The zero-order valence-corrected chi connectivity index (χ0v) is 25.6. The van der Waals surface area contributed by atoms with E-state index in [0.29, 0.717) is 17.9 Å². The van der Waals surface area contributed by atoms with Crippen LogP contribution in [0.25, 0.3) is 11.2 Å². The second-order valence-corrected chi connectivity index (χ2v) is 12.1. The largest absolute Gasteiger partial charge is 0.444 e. The molecule has 1 aliphatic carbocycles. The molecule has 1 saturated carbocycles. The summed E-state index contributed by atoms with van der Waals surface area (Å²) in [5.74, 6) is -0.324. The number of fused-ring (bicyclic) bond motifs is 1. The Kier molecular flexibility index (Phi) is 9.61. The molecule has 0 radical (unpaired) electrons. The summed E-state index contributed by atoms with van der Waals surface area (Å²) < 4.78 is 6.94. The molecule has 2 aromatic carbocycles. The standard InChI is InChI=1S/C32H40N8O5/c1-32(2,3)45-31(44)37-22-16-23(26(42)25(22)41)40-18-36-24-27(38-28(39-29(24)40)30(43)34-15-14-33)35-17-21(19-10-6-4-7-11-19)20-12-8-5-9-13-20/h4-13,18,21-23,25-26,41-42H,14-17,33H2,1-3H3,(H,34,43)(H,37,44)(H,35,38,39)/t22-,23+,25+,26-/m0/s1. The third-order valence-corrected chi connectivity index (χ3v) is 7.64. The topological polar surface area (TPSA) is 190 Å². The number of aliphatic hydroxyl groups excluding tert-OH is 2. The van der Waals surface area contributed by atoms with E-state index in [-0.39, 0.29) is 36.9 Å². The van der Waals surface area contributed by atoms with Gasteiger partial charge in [0.2, 0.25) is 5.82 Å². The fourth-order valence-electron chi connectivity index (χ4n) is 5.53. The molecule has 0 unspecified atom stereocenters. The number of hydrogen-bond donors (Lipinski definition) is 6. The van der Waals surface area contributed by atoms with Crippen LogP contribution >= 0.6 is 0 Å². The molecule has 4 aromatic rings. The minimum atomic E-state index is -1.27. The lowest BCUT2D eigenvalue weighted by Gasteiger charge is -2.23. The third-order valence-electron chi connectivity index (χ3n) is 7.64. The molecule has 7 N–H and O–H groups in total. The van der Waals surface area contributed by atoms with E-state index >= 15 is 0 Å². The summed E-state index contributed by atoms with van der Waals surface area (Å²) in [7, 11) is 0. The van der Waals surface area contributed by atoms with Gasteiger partial charge in [0, 0.05) is 25.6 Å². The van der Waals surface area contributed by atoms with Crippen LogP contribution in [0.4, 0.5) is 10.6 Å². The Labute approximate surface area is 261 Å². The molecule has 45 heavy (non-hydrogen) atoms. The molecule has 2 heterocycles. The van der Waals surface area contributed by atoms with Gasteiger partial charge in [-0.15, -0.1) is 0 Å². The van der Waals surface area contributed by atoms with Crippen molar-refractivity contribution in [1.29, 1.82) is 0 Å². The number of nitrogens with zero attached hydrogens (tertiary/aromatic N) is 4. The van der Waals surface area contributed by atoms with Crippen molar-refractivity contribution in [1.82, 2.24) is 30.2 Å². The minimum Gasteiger partial charge on any atom is -0.444 e. The molecule has 0 aliphatic heterocycles. The van der Waals surface area contributed by atoms with Crippen LogP contribution in [-0.4, -0.2) is 85.2 Å². The van der Waals surface area contributed by atoms with Gasteiger partial charge in [0.25, 0.3) is 5.91 Å². The number of imidazole rings is 1. The van der Waals surface area contributed by atoms with Gasteiger partial charge >= 0.3 is 6.09 Å². The van der Waals surface area contributed by atoms with Crippen LogP contribution in [0.3, 0.4) is 0 Å². The highest BCUT2D eigenvalue weighted by atomic mass is 16.6. The number of aliphatic hydroxyl groups is 2. The maximum atomic E-state index is 13.0. The number of benzene rings is 2. The molecule has 4 atom stereocenters. The van der Waals surface area contributed by atoms with Crippen molar-refractivity contribution < 1.29 is 24.5 Å². The van der Waals surface area contributed by atoms with Crippen LogP contribution in [0.5, 0.6) is 0 Å². The van der Waals surface area contributed by atoms with Gasteiger partial charge in [0.1, 0.15) is 23.3 Å². The van der Waals surface area contributed by atoms with Gasteiger partial charge in [-0.05, 0) is 38.3 Å². The highest BCUT2D eigenvalue weighted by Gasteiger charge is 2.44. The molecular weight excluding hydrogens is 576 g/mol. The Balaban J connectivity index is 1.48. The number of rotatable bonds is 10. The summed E-state index contributed by atoms with van der Waals surface area (Å²) in [6.45, 7) is 6.12. The Morgan fingerprint density at radius 2 is 1.67 bits per heavy atom. The minimum absolute atomic E-state index is 0.0412. The number of alkyl carbamates (subject to hydrolysis) is 1. The van der Waals surface area contributed by atoms with E-state index in [1.807, 2.05) is 36.4 Å². The maximum absolute atomic E-state index is 13.0. The number of ether oxygens (including phenoxy) is 1. The van der Waals surface area contributed by atoms with E-state index in [9.17, 15) is 19.8 Å². The van der Waals surface area contributed by atoms with Crippen molar-refractivity contribution in [2.24, 2.45) is 5.73 Å². The zero-order chi connectivity index (χ0) is 32.1. The normalized spacial score (nSPS) is 19.9. The molecule has 1 fully saturated rings. The van der Waals surface area contributed by atoms with Crippen LogP contribution in [0.2, 0.25) is 0 Å². The van der Waals surface area contributed by atoms with Gasteiger partial charge in [0.05, 0.1) is 18.4 Å². The number of hydrogen-bond acceptors (Lipinski definition) is 10. The van der Waals surface area contributed by atoms with Crippen molar-refractivity contribution >= 4 is 29.0 Å². The number of amides is 2. The first kappa shape index (κ1) is 31.8. The average Bonchev–Trinajstić information content (AvgIpc) is 3.56. The van der Waals surface area contributed by atoms with E-state index in [0.717, 1.165) is 11.1 Å². The molecule has 5 rings (SSSR count). The van der Waals surface area contributed by atoms with Crippen molar-refractivity contribution in [2.45, 2.75) is 63.0 Å². The van der Waals surface area contributed by atoms with E-state index in [1.54, 1.807) is 25.3 Å². The smallest absolute Gasteiger partial charge is 0.407 e. The Morgan fingerprint density at radius 1 is 1.02 bits per heavy atom. The molecule has 2 aromatic heterocycles. The van der Waals surface area contributed by atoms with Crippen LogP contribution < -0.4 is 21.7 Å². The second kappa shape index (κ2) is 13.6. The molecule has 2 amide bonds. The molecule has 0 spiro atoms. The molecule has 1 aliphatic rings. The van der Waals surface area contributed by atoms with Gasteiger partial charge in [0.15, 0.2) is 11.5 Å². The Morgan fingerprint density at radius 3 is 2.27 bits per heavy atom. The monoisotopic (exact) mass is 616 g/mol. The Hall–Kier alpha value is -4.59. The summed E-state index contributed by atoms with van der Waals surface area (Å²) in [4.78, 5) is 39.1. The lowest BCUT2D eigenvalue weighted by Crippen LogP contribution is -2.45. The highest BCUT2D eigenvalue weighted by molar-refractivity contribution is 5.94. The summed E-state index contributed by atoms with van der Waals surface area (Å²) in [5.41, 5.74) is 7.73. The van der Waals surface area contributed by atoms with Gasteiger partial charge in [-0.25, -0.2) is 19.7 Å². The first-order chi connectivity index (χ1) is 21.6. The number of carbonyl (C=O) groups is 2. The number of nitrogens with two attached hydrogens (primary N) is 1. The quantitative estimate of drug-likeness (QED) is 0.154. The molecular formula is C32H40N8O5. The van der Waals surface area contributed by atoms with Crippen molar-refractivity contribution in [3.8, 4) is 0 Å². The van der Waals surface area contributed by atoms with E-state index < -0.39 is 41.9 Å². The molecule has 13 nitrogen and oxygen atoms in total. The van der Waals surface area contributed by atoms with Gasteiger partial charge < -0.3 is 41.2 Å². The van der Waals surface area contributed by atoms with Gasteiger partial charge in [-0.2, -0.15) is 0 Å². The first-order valence-corrected chi connectivity index (χ1v) is 15.0. The van der Waals surface area contributed by atoms with E-state index in [1.165, 1.54) is 6.33 Å². The second-order valence-electron chi connectivity index (χ2n) is 12.1. The highest BCUT2D eigenvalue weighted by Crippen LogP contribution is 2.34. The van der Waals surface area contributed by atoms with Crippen LogP contribution in [-0.2, 0) is 4.74 Å². The lowest BCUT2D eigenvalue weighted by atomic mass is 9.91. The van der Waals surface area contributed by atoms with Crippen LogP contribution in [0.1, 0.15) is 60.9 Å². The van der Waals surface area contributed by atoms with Crippen molar-refractivity contribution in [3.63, 3.8) is 0 Å². The first-order valence-electron chi connectivity index (χ1n) is 15.0. The molecule has 13 heteroatoms. The number of aromatic nitrogens is 4. The van der Waals surface area contributed by atoms with Crippen LogP contribution in [0, 0.1) is 0 Å². The number of carbonyl (C=O) groups excluding carboxylic acids is 2. The summed E-state index contributed by atoms with van der Waals surface area (Å²) in [5, 5.41) is 30.6. The lowest BCUT2D eigenvalue weighted by molar-refractivity contribution is 0.00906. The predicted molar refractivity (Wildman–Crippen MR) is 169 cm³/mol. The number of nitrogens with one attached hydrogen (secondary N) is 3. The summed E-state index contributed by atoms with van der Waals surface area (Å²) in [6.07, 6.45) is -1.57. The average molecular weight is 617 g/mol. The van der Waals surface area contributed by atoms with E-state index in [4.69, 9.17) is 10.5 Å². The fraction of sp³-hybridized carbons (Fsp3) is 0.406. The summed E-state index contributed by atoms with van der Waals surface area (Å²) >= 11 is 0. The van der Waals surface area contributed by atoms with Crippen molar-refractivity contribution in [2.75, 3.05) is 25.0 Å². The SMILES string of the molecule is CC(C)(C)OC(=O)N[C@H]1C[C@@H](n2cnc3c(NCC(c4ccccc4)c4ccccc4)nc(C(=O)NCCN)nc32)[C@H](O)[C@@H]1O. The fourth-order valence-corrected chi connectivity index (χ4v) is 5.53. The van der Waals surface area contributed by atoms with Gasteiger partial charge in [-0.1, -0.05) is 60.7 Å². The van der Waals surface area contributed by atoms with E-state index in [2.05, 4.69) is 55.2 Å².